The molecule has 0 aromatic heterocycles. The zero-order chi connectivity index (χ0) is 15.7. The molecule has 3 rings (SSSR count). The Bertz CT molecular complexity index is 725. The first-order valence-electron chi connectivity index (χ1n) is 7.11. The molecule has 1 atom stereocenters. The van der Waals surface area contributed by atoms with Crippen LogP contribution in [0.2, 0.25) is 0 Å². The highest BCUT2D eigenvalue weighted by Crippen LogP contribution is 2.36. The molecule has 0 radical (unpaired) electrons. The van der Waals surface area contributed by atoms with Crippen LogP contribution in [0.1, 0.15) is 27.4 Å². The summed E-state index contributed by atoms with van der Waals surface area (Å²) in [4.78, 5) is 26.0. The van der Waals surface area contributed by atoms with Gasteiger partial charge in [-0.15, -0.1) is 0 Å². The number of hydrogen-bond acceptors (Lipinski definition) is 3. The Hall–Kier alpha value is -2.66. The van der Waals surface area contributed by atoms with Crippen LogP contribution in [0.3, 0.4) is 0 Å². The van der Waals surface area contributed by atoms with Crippen molar-refractivity contribution >= 4 is 17.5 Å². The zero-order valence-corrected chi connectivity index (χ0v) is 12.0. The molecule has 1 unspecified atom stereocenters. The van der Waals surface area contributed by atoms with Crippen molar-refractivity contribution < 1.29 is 9.59 Å². The van der Waals surface area contributed by atoms with Crippen molar-refractivity contribution in [1.29, 1.82) is 0 Å². The van der Waals surface area contributed by atoms with E-state index < -0.39 is 11.8 Å². The topological polar surface area (TPSA) is 89.4 Å². The van der Waals surface area contributed by atoms with Crippen LogP contribution in [0, 0.1) is 0 Å². The maximum Gasteiger partial charge on any atom is 0.258 e. The Kier molecular flexibility index (Phi) is 3.65. The van der Waals surface area contributed by atoms with Crippen molar-refractivity contribution in [2.24, 2.45) is 11.5 Å². The molecule has 22 heavy (non-hydrogen) atoms. The van der Waals surface area contributed by atoms with Crippen LogP contribution < -0.4 is 16.4 Å². The van der Waals surface area contributed by atoms with E-state index >= 15 is 0 Å². The average molecular weight is 295 g/mol. The van der Waals surface area contributed by atoms with Gasteiger partial charge in [0.15, 0.2) is 0 Å². The van der Waals surface area contributed by atoms with E-state index in [1.807, 2.05) is 36.4 Å². The van der Waals surface area contributed by atoms with E-state index in [1.165, 1.54) is 0 Å². The highest BCUT2D eigenvalue weighted by molar-refractivity contribution is 6.09. The van der Waals surface area contributed by atoms with Crippen LogP contribution in [0.4, 0.5) is 5.69 Å². The average Bonchev–Trinajstić information content (AvgIpc) is 2.94. The SMILES string of the molecule is NCc1ccc(C(=O)N2CC(C(N)=O)c3ccccc32)cc1. The first kappa shape index (κ1) is 14.3. The highest BCUT2D eigenvalue weighted by Gasteiger charge is 2.35. The number of carbonyl (C=O) groups is 2. The maximum absolute atomic E-state index is 12.7. The van der Waals surface area contributed by atoms with E-state index in [0.717, 1.165) is 16.8 Å². The molecule has 112 valence electrons. The third-order valence-electron chi connectivity index (χ3n) is 3.99. The van der Waals surface area contributed by atoms with Crippen molar-refractivity contribution in [1.82, 2.24) is 0 Å². The summed E-state index contributed by atoms with van der Waals surface area (Å²) in [5, 5.41) is 0. The van der Waals surface area contributed by atoms with Gasteiger partial charge in [0, 0.05) is 24.3 Å². The monoisotopic (exact) mass is 295 g/mol. The molecule has 5 heteroatoms. The summed E-state index contributed by atoms with van der Waals surface area (Å²) in [6.07, 6.45) is 0. The zero-order valence-electron chi connectivity index (χ0n) is 12.0. The number of anilines is 1. The van der Waals surface area contributed by atoms with Crippen LogP contribution >= 0.6 is 0 Å². The third kappa shape index (κ3) is 2.35. The van der Waals surface area contributed by atoms with E-state index in [0.29, 0.717) is 12.1 Å². The van der Waals surface area contributed by atoms with Gasteiger partial charge in [0.2, 0.25) is 5.91 Å². The van der Waals surface area contributed by atoms with Gasteiger partial charge >= 0.3 is 0 Å². The number of rotatable bonds is 3. The molecule has 2 aromatic carbocycles. The molecular formula is C17H17N3O2. The predicted molar refractivity (Wildman–Crippen MR) is 84.4 cm³/mol. The van der Waals surface area contributed by atoms with E-state index in [-0.39, 0.29) is 12.5 Å². The van der Waals surface area contributed by atoms with Gasteiger partial charge in [-0.1, -0.05) is 30.3 Å². The second-order valence-corrected chi connectivity index (χ2v) is 5.33. The summed E-state index contributed by atoms with van der Waals surface area (Å²) in [5.41, 5.74) is 14.1. The lowest BCUT2D eigenvalue weighted by molar-refractivity contribution is -0.119. The number of primary amides is 1. The van der Waals surface area contributed by atoms with Crippen molar-refractivity contribution in [3.05, 3.63) is 65.2 Å². The van der Waals surface area contributed by atoms with Gasteiger partial charge in [-0.3, -0.25) is 9.59 Å². The smallest absolute Gasteiger partial charge is 0.258 e. The largest absolute Gasteiger partial charge is 0.369 e. The number of para-hydroxylation sites is 1. The van der Waals surface area contributed by atoms with Crippen LogP contribution in [0.15, 0.2) is 48.5 Å². The summed E-state index contributed by atoms with van der Waals surface area (Å²) in [5.74, 6) is -1.01. The molecule has 1 aliphatic heterocycles. The minimum absolute atomic E-state index is 0.139. The second-order valence-electron chi connectivity index (χ2n) is 5.33. The lowest BCUT2D eigenvalue weighted by Crippen LogP contribution is -2.32. The minimum Gasteiger partial charge on any atom is -0.369 e. The van der Waals surface area contributed by atoms with Crippen LogP contribution in [-0.2, 0) is 11.3 Å². The third-order valence-corrected chi connectivity index (χ3v) is 3.99. The minimum atomic E-state index is -0.455. The lowest BCUT2D eigenvalue weighted by Gasteiger charge is -2.17. The number of hydrogen-bond donors (Lipinski definition) is 2. The second kappa shape index (κ2) is 5.61. The summed E-state index contributed by atoms with van der Waals surface area (Å²) < 4.78 is 0. The number of carbonyl (C=O) groups excluding carboxylic acids is 2. The van der Waals surface area contributed by atoms with E-state index in [2.05, 4.69) is 0 Å². The van der Waals surface area contributed by atoms with Gasteiger partial charge < -0.3 is 16.4 Å². The molecular weight excluding hydrogens is 278 g/mol. The fourth-order valence-electron chi connectivity index (χ4n) is 2.78. The number of benzene rings is 2. The number of nitrogens with two attached hydrogens (primary N) is 2. The first-order valence-corrected chi connectivity index (χ1v) is 7.11. The Morgan fingerprint density at radius 3 is 2.41 bits per heavy atom. The summed E-state index contributed by atoms with van der Waals surface area (Å²) in [6, 6.07) is 14.6. The van der Waals surface area contributed by atoms with Gasteiger partial charge in [-0.2, -0.15) is 0 Å². The van der Waals surface area contributed by atoms with Crippen molar-refractivity contribution in [2.75, 3.05) is 11.4 Å². The molecule has 2 amide bonds. The molecule has 0 fully saturated rings. The predicted octanol–water partition coefficient (Wildman–Crippen LogP) is 1.37. The molecule has 0 aliphatic carbocycles. The van der Waals surface area contributed by atoms with Gasteiger partial charge in [0.1, 0.15) is 0 Å². The molecule has 4 N–H and O–H groups in total. The van der Waals surface area contributed by atoms with E-state index in [9.17, 15) is 9.59 Å². The Morgan fingerprint density at radius 1 is 1.09 bits per heavy atom. The molecule has 1 aliphatic rings. The number of fused-ring (bicyclic) bond motifs is 1. The lowest BCUT2D eigenvalue weighted by atomic mass is 10.0. The molecule has 5 nitrogen and oxygen atoms in total. The number of nitrogens with zero attached hydrogens (tertiary/aromatic N) is 1. The van der Waals surface area contributed by atoms with Crippen molar-refractivity contribution in [3.8, 4) is 0 Å². The Morgan fingerprint density at radius 2 is 1.77 bits per heavy atom. The molecule has 1 heterocycles. The van der Waals surface area contributed by atoms with E-state index in [1.54, 1.807) is 17.0 Å². The first-order chi connectivity index (χ1) is 10.6. The highest BCUT2D eigenvalue weighted by atomic mass is 16.2. The van der Waals surface area contributed by atoms with Gasteiger partial charge in [0.05, 0.1) is 5.92 Å². The quantitative estimate of drug-likeness (QED) is 0.896. The van der Waals surface area contributed by atoms with Gasteiger partial charge in [0.25, 0.3) is 5.91 Å². The summed E-state index contributed by atoms with van der Waals surface area (Å²) >= 11 is 0. The van der Waals surface area contributed by atoms with Crippen LogP contribution in [0.25, 0.3) is 0 Å². The van der Waals surface area contributed by atoms with Gasteiger partial charge in [-0.25, -0.2) is 0 Å². The molecule has 2 aromatic rings. The normalized spacial score (nSPS) is 16.4. The Balaban J connectivity index is 1.94. The van der Waals surface area contributed by atoms with Crippen molar-refractivity contribution in [3.63, 3.8) is 0 Å². The standard InChI is InChI=1S/C17H17N3O2/c18-9-11-5-7-12(8-6-11)17(22)20-10-14(16(19)21)13-3-1-2-4-15(13)20/h1-8,14H,9-10,18H2,(H2,19,21). The number of amides is 2. The molecule has 0 spiro atoms. The maximum atomic E-state index is 12.7. The van der Waals surface area contributed by atoms with Gasteiger partial charge in [-0.05, 0) is 29.3 Å². The van der Waals surface area contributed by atoms with Crippen molar-refractivity contribution in [2.45, 2.75) is 12.5 Å². The fourth-order valence-corrected chi connectivity index (χ4v) is 2.78. The fraction of sp³-hybridized carbons (Fsp3) is 0.176. The summed E-state index contributed by atoms with van der Waals surface area (Å²) in [7, 11) is 0. The van der Waals surface area contributed by atoms with E-state index in [4.69, 9.17) is 11.5 Å². The molecule has 0 saturated heterocycles. The summed E-state index contributed by atoms with van der Waals surface area (Å²) in [6.45, 7) is 0.719. The Labute approximate surface area is 128 Å². The van der Waals surface area contributed by atoms with Crippen LogP contribution in [0.5, 0.6) is 0 Å². The molecule has 0 saturated carbocycles. The molecule has 0 bridgehead atoms. The van der Waals surface area contributed by atoms with Crippen LogP contribution in [-0.4, -0.2) is 18.4 Å².